The summed E-state index contributed by atoms with van der Waals surface area (Å²) in [6.07, 6.45) is 0.766. The van der Waals surface area contributed by atoms with Crippen LogP contribution in [0.5, 0.6) is 0 Å². The molecule has 2 aliphatic rings. The van der Waals surface area contributed by atoms with Gasteiger partial charge in [0.2, 0.25) is 5.96 Å². The average Bonchev–Trinajstić information content (AvgIpc) is 2.76. The Hall–Kier alpha value is -4.22. The zero-order valence-electron chi connectivity index (χ0n) is 17.7. The minimum absolute atomic E-state index is 0.118. The molecule has 3 rings (SSSR count). The van der Waals surface area contributed by atoms with E-state index in [9.17, 15) is 24.3 Å². The van der Waals surface area contributed by atoms with Crippen molar-refractivity contribution in [1.29, 1.82) is 5.41 Å². The summed E-state index contributed by atoms with van der Waals surface area (Å²) in [5, 5.41) is 27.7. The number of anilines is 1. The zero-order chi connectivity index (χ0) is 24.1. The molecule has 0 spiro atoms. The number of carbonyl (C=O) groups is 4. The second kappa shape index (κ2) is 9.94. The summed E-state index contributed by atoms with van der Waals surface area (Å²) >= 11 is 0. The number of nitrogens with zero attached hydrogens (tertiary/aromatic N) is 4. The van der Waals surface area contributed by atoms with Gasteiger partial charge in [-0.1, -0.05) is 0 Å². The van der Waals surface area contributed by atoms with Gasteiger partial charge in [0.05, 0.1) is 24.4 Å². The Labute approximate surface area is 188 Å². The molecular weight excluding hydrogens is 432 g/mol. The monoisotopic (exact) mass is 454 g/mol. The molecule has 0 saturated heterocycles. The number of Topliss-reactive ketones (excluding diaryl/α,β-unsaturated/α-hetero) is 1. The number of guanidine groups is 1. The largest absolute Gasteiger partial charge is 0.481 e. The molecule has 172 valence electrons. The predicted molar refractivity (Wildman–Crippen MR) is 120 cm³/mol. The van der Waals surface area contributed by atoms with E-state index in [-0.39, 0.29) is 36.8 Å². The number of aliphatic carboxylic acids is 2. The van der Waals surface area contributed by atoms with Crippen molar-refractivity contribution in [3.05, 3.63) is 29.8 Å². The second-order valence-electron chi connectivity index (χ2n) is 7.59. The van der Waals surface area contributed by atoms with Crippen LogP contribution in [0.25, 0.3) is 0 Å². The number of nitrogens with one attached hydrogen (secondary N) is 2. The number of carbonyl (C=O) groups excluding carboxylic acids is 2. The van der Waals surface area contributed by atoms with Crippen LogP contribution in [0, 0.1) is 11.3 Å². The lowest BCUT2D eigenvalue weighted by atomic mass is 9.94. The summed E-state index contributed by atoms with van der Waals surface area (Å²) in [7, 11) is 1.79. The molecule has 4 N–H and O–H groups in total. The van der Waals surface area contributed by atoms with Gasteiger partial charge in [0.1, 0.15) is 0 Å². The zero-order valence-corrected chi connectivity index (χ0v) is 17.7. The minimum atomic E-state index is -1.20. The normalized spacial score (nSPS) is 17.9. The highest BCUT2D eigenvalue weighted by Gasteiger charge is 2.31. The number of hydrogen-bond acceptors (Lipinski definition) is 8. The Balaban J connectivity index is 1.62. The molecule has 2 aliphatic heterocycles. The maximum atomic E-state index is 12.5. The van der Waals surface area contributed by atoms with Crippen LogP contribution in [0.4, 0.5) is 5.69 Å². The molecule has 0 bridgehead atoms. The minimum Gasteiger partial charge on any atom is -0.481 e. The Morgan fingerprint density at radius 2 is 1.91 bits per heavy atom. The quantitative estimate of drug-likeness (QED) is 0.373. The van der Waals surface area contributed by atoms with Crippen molar-refractivity contribution in [2.75, 3.05) is 18.5 Å². The number of carboxylic acid groups (broad SMARTS) is 2. The molecule has 2 atom stereocenters. The topological polar surface area (TPSA) is 185 Å². The molecule has 1 aromatic rings. The van der Waals surface area contributed by atoms with Crippen molar-refractivity contribution in [2.45, 2.75) is 25.3 Å². The van der Waals surface area contributed by atoms with E-state index in [0.717, 1.165) is 5.69 Å². The number of ketones is 1. The van der Waals surface area contributed by atoms with Gasteiger partial charge in [-0.15, -0.1) is 0 Å². The first-order valence-corrected chi connectivity index (χ1v) is 10.0. The molecule has 2 heterocycles. The number of amidine groups is 1. The highest BCUT2D eigenvalue weighted by molar-refractivity contribution is 6.38. The van der Waals surface area contributed by atoms with Gasteiger partial charge >= 0.3 is 11.9 Å². The summed E-state index contributed by atoms with van der Waals surface area (Å²) < 4.78 is 0. The van der Waals surface area contributed by atoms with E-state index < -0.39 is 29.8 Å². The lowest BCUT2D eigenvalue weighted by Gasteiger charge is -2.24. The van der Waals surface area contributed by atoms with Crippen molar-refractivity contribution in [1.82, 2.24) is 5.32 Å². The van der Waals surface area contributed by atoms with Crippen LogP contribution < -0.4 is 10.2 Å². The highest BCUT2D eigenvalue weighted by atomic mass is 16.4. The molecule has 0 aliphatic carbocycles. The summed E-state index contributed by atoms with van der Waals surface area (Å²) in [4.78, 5) is 60.6. The number of amides is 1. The first-order valence-electron chi connectivity index (χ1n) is 10.0. The molecule has 12 nitrogen and oxygen atoms in total. The number of fused-ring (bicyclic) bond motifs is 1. The highest BCUT2D eigenvalue weighted by Crippen LogP contribution is 2.19. The molecule has 33 heavy (non-hydrogen) atoms. The van der Waals surface area contributed by atoms with Gasteiger partial charge in [0.15, 0.2) is 17.7 Å². The van der Waals surface area contributed by atoms with Crippen LogP contribution in [-0.2, 0) is 14.4 Å². The summed E-state index contributed by atoms with van der Waals surface area (Å²) in [5.41, 5.74) is 1.61. The van der Waals surface area contributed by atoms with Gasteiger partial charge < -0.3 is 15.1 Å². The Kier molecular flexibility index (Phi) is 7.06. The fourth-order valence-electron chi connectivity index (χ4n) is 3.33. The second-order valence-corrected chi connectivity index (χ2v) is 7.59. The number of aliphatic imine (C=N–C) groups is 3. The molecule has 1 amide bonds. The van der Waals surface area contributed by atoms with E-state index in [1.165, 1.54) is 6.21 Å². The number of carboxylic acids is 2. The third kappa shape index (κ3) is 5.93. The molecule has 12 heteroatoms. The van der Waals surface area contributed by atoms with Crippen molar-refractivity contribution >= 4 is 53.0 Å². The molecule has 0 radical (unpaired) electrons. The first-order chi connectivity index (χ1) is 15.6. The van der Waals surface area contributed by atoms with E-state index in [1.807, 2.05) is 4.90 Å². The smallest absolute Gasteiger partial charge is 0.306 e. The summed E-state index contributed by atoms with van der Waals surface area (Å²) in [5.74, 6) is -4.33. The van der Waals surface area contributed by atoms with Crippen molar-refractivity contribution < 1.29 is 29.4 Å². The molecule has 1 aromatic carbocycles. The van der Waals surface area contributed by atoms with Gasteiger partial charge in [0.25, 0.3) is 5.91 Å². The summed E-state index contributed by atoms with van der Waals surface area (Å²) in [6.45, 7) is 0.321. The van der Waals surface area contributed by atoms with Gasteiger partial charge in [-0.25, -0.2) is 4.99 Å². The van der Waals surface area contributed by atoms with Crippen LogP contribution in [-0.4, -0.2) is 77.2 Å². The van der Waals surface area contributed by atoms with Gasteiger partial charge in [-0.05, 0) is 30.7 Å². The number of hydrogen-bond donors (Lipinski definition) is 4. The standard InChI is InChI=1S/C21H22N6O6/c1-27(10-13-9-23-18-17(24-13)19(31)26-21(22)25-18)14-5-2-11(3-6-14)15(28)8-12(20(32)33)4-7-16(29)30/h2-3,5-6,9,12,17H,4,7-8,10H2,1H3,(H,29,30)(H,32,33)(H2,22,26,31)/t12-,17?/m1/s1. The maximum Gasteiger partial charge on any atom is 0.306 e. The van der Waals surface area contributed by atoms with E-state index in [0.29, 0.717) is 17.8 Å². The fourth-order valence-corrected chi connectivity index (χ4v) is 3.33. The van der Waals surface area contributed by atoms with Gasteiger partial charge in [0, 0.05) is 31.1 Å². The Morgan fingerprint density at radius 3 is 2.55 bits per heavy atom. The number of rotatable bonds is 10. The van der Waals surface area contributed by atoms with Crippen LogP contribution in [0.3, 0.4) is 0 Å². The van der Waals surface area contributed by atoms with Crippen LogP contribution in [0.2, 0.25) is 0 Å². The fraction of sp³-hybridized carbons (Fsp3) is 0.333. The van der Waals surface area contributed by atoms with Crippen LogP contribution in [0.15, 0.2) is 39.2 Å². The third-order valence-corrected chi connectivity index (χ3v) is 5.12. The van der Waals surface area contributed by atoms with Crippen molar-refractivity contribution in [2.24, 2.45) is 20.9 Å². The number of benzene rings is 1. The molecular formula is C21H22N6O6. The van der Waals surface area contributed by atoms with E-state index in [1.54, 1.807) is 31.3 Å². The molecule has 0 fully saturated rings. The Morgan fingerprint density at radius 1 is 1.21 bits per heavy atom. The van der Waals surface area contributed by atoms with Gasteiger partial charge in [-0.2, -0.15) is 4.99 Å². The van der Waals surface area contributed by atoms with Crippen LogP contribution in [0.1, 0.15) is 29.6 Å². The van der Waals surface area contributed by atoms with Gasteiger partial charge in [-0.3, -0.25) is 34.9 Å². The average molecular weight is 454 g/mol. The van der Waals surface area contributed by atoms with E-state index in [4.69, 9.17) is 10.5 Å². The van der Waals surface area contributed by atoms with Crippen molar-refractivity contribution in [3.63, 3.8) is 0 Å². The SMILES string of the molecule is CN(CC1=NC2C(=O)NC(=N)N=C2N=C1)c1ccc(C(=O)C[C@@H](CCC(=O)O)C(=O)O)cc1. The first kappa shape index (κ1) is 23.4. The molecule has 0 saturated carbocycles. The molecule has 0 aromatic heterocycles. The lowest BCUT2D eigenvalue weighted by Crippen LogP contribution is -2.48. The van der Waals surface area contributed by atoms with E-state index >= 15 is 0 Å². The predicted octanol–water partition coefficient (Wildman–Crippen LogP) is 0.618. The van der Waals surface area contributed by atoms with E-state index in [2.05, 4.69) is 20.3 Å². The summed E-state index contributed by atoms with van der Waals surface area (Å²) in [6, 6.07) is 5.65. The Bertz CT molecular complexity index is 1090. The lowest BCUT2D eigenvalue weighted by molar-refractivity contribution is -0.142. The third-order valence-electron chi connectivity index (χ3n) is 5.12. The molecule has 1 unspecified atom stereocenters. The van der Waals surface area contributed by atoms with Crippen molar-refractivity contribution in [3.8, 4) is 0 Å². The maximum absolute atomic E-state index is 12.5. The van der Waals surface area contributed by atoms with Crippen LogP contribution >= 0.6 is 0 Å².